The number of aromatic nitrogens is 3. The maximum Gasteiger partial charge on any atom is 0.265 e. The molecule has 3 heterocycles. The molecule has 0 aliphatic carbocycles. The van der Waals surface area contributed by atoms with Crippen molar-refractivity contribution in [1.29, 1.82) is 0 Å². The van der Waals surface area contributed by atoms with Crippen LogP contribution in [0.3, 0.4) is 0 Å². The van der Waals surface area contributed by atoms with E-state index in [2.05, 4.69) is 15.0 Å². The van der Waals surface area contributed by atoms with Gasteiger partial charge in [0.15, 0.2) is 0 Å². The first kappa shape index (κ1) is 12.2. The van der Waals surface area contributed by atoms with Crippen LogP contribution in [-0.4, -0.2) is 38.8 Å². The maximum atomic E-state index is 12.3. The van der Waals surface area contributed by atoms with Crippen molar-refractivity contribution in [3.8, 4) is 0 Å². The Hall–Kier alpha value is -1.82. The minimum absolute atomic E-state index is 0.0797. The van der Waals surface area contributed by atoms with Gasteiger partial charge in [-0.15, -0.1) is 11.3 Å². The van der Waals surface area contributed by atoms with E-state index in [-0.39, 0.29) is 5.91 Å². The fraction of sp³-hybridized carbons (Fsp3) is 0.385. The molecule has 2 aromatic heterocycles. The standard InChI is InChI=1S/C13H14N4OS/c18-13(12-7-15-9-19-12)17-5-1-2-10(8-17)11-6-14-3-4-16-11/h3-4,6-7,9-10H,1-2,5,8H2/t10-/m0/s1. The quantitative estimate of drug-likeness (QED) is 0.840. The van der Waals surface area contributed by atoms with Gasteiger partial charge in [0.1, 0.15) is 4.88 Å². The predicted octanol–water partition coefficient (Wildman–Crippen LogP) is 1.95. The van der Waals surface area contributed by atoms with E-state index in [9.17, 15) is 4.79 Å². The van der Waals surface area contributed by atoms with Crippen LogP contribution < -0.4 is 0 Å². The summed E-state index contributed by atoms with van der Waals surface area (Å²) in [6, 6.07) is 0. The second kappa shape index (κ2) is 5.44. The van der Waals surface area contributed by atoms with Crippen LogP contribution in [0, 0.1) is 0 Å². The number of hydrogen-bond donors (Lipinski definition) is 0. The minimum atomic E-state index is 0.0797. The predicted molar refractivity (Wildman–Crippen MR) is 72.0 cm³/mol. The van der Waals surface area contributed by atoms with Crippen molar-refractivity contribution in [2.45, 2.75) is 18.8 Å². The molecule has 0 unspecified atom stereocenters. The summed E-state index contributed by atoms with van der Waals surface area (Å²) in [6.45, 7) is 1.53. The van der Waals surface area contributed by atoms with E-state index in [4.69, 9.17) is 0 Å². The van der Waals surface area contributed by atoms with Gasteiger partial charge in [0.2, 0.25) is 0 Å². The Bertz CT molecular complexity index is 543. The highest BCUT2D eigenvalue weighted by molar-refractivity contribution is 7.11. The monoisotopic (exact) mass is 274 g/mol. The molecule has 1 fully saturated rings. The van der Waals surface area contributed by atoms with Crippen LogP contribution in [0.25, 0.3) is 0 Å². The van der Waals surface area contributed by atoms with E-state index < -0.39 is 0 Å². The summed E-state index contributed by atoms with van der Waals surface area (Å²) < 4.78 is 0. The zero-order valence-electron chi connectivity index (χ0n) is 10.4. The van der Waals surface area contributed by atoms with E-state index in [1.54, 1.807) is 30.3 Å². The molecule has 19 heavy (non-hydrogen) atoms. The normalized spacial score (nSPS) is 19.4. The smallest absolute Gasteiger partial charge is 0.265 e. The number of likely N-dealkylation sites (tertiary alicyclic amines) is 1. The SMILES string of the molecule is O=C(c1cncs1)N1CCC[C@H](c2cnccn2)C1. The summed E-state index contributed by atoms with van der Waals surface area (Å²) in [5.41, 5.74) is 2.67. The third-order valence-electron chi connectivity index (χ3n) is 3.35. The third-order valence-corrected chi connectivity index (χ3v) is 4.11. The van der Waals surface area contributed by atoms with E-state index in [1.165, 1.54) is 11.3 Å². The molecule has 0 bridgehead atoms. The van der Waals surface area contributed by atoms with Crippen molar-refractivity contribution < 1.29 is 4.79 Å². The Balaban J connectivity index is 1.73. The van der Waals surface area contributed by atoms with Gasteiger partial charge in [-0.05, 0) is 12.8 Å². The van der Waals surface area contributed by atoms with Crippen LogP contribution in [-0.2, 0) is 0 Å². The van der Waals surface area contributed by atoms with Gasteiger partial charge >= 0.3 is 0 Å². The molecule has 6 heteroatoms. The second-order valence-electron chi connectivity index (χ2n) is 4.59. The van der Waals surface area contributed by atoms with Gasteiger partial charge in [-0.3, -0.25) is 19.7 Å². The number of carbonyl (C=O) groups is 1. The number of amides is 1. The maximum absolute atomic E-state index is 12.3. The molecule has 1 atom stereocenters. The van der Waals surface area contributed by atoms with Crippen molar-refractivity contribution in [3.63, 3.8) is 0 Å². The molecular weight excluding hydrogens is 260 g/mol. The Morgan fingerprint density at radius 2 is 2.26 bits per heavy atom. The van der Waals surface area contributed by atoms with Gasteiger partial charge < -0.3 is 4.90 Å². The van der Waals surface area contributed by atoms with Gasteiger partial charge in [-0.2, -0.15) is 0 Å². The highest BCUT2D eigenvalue weighted by Gasteiger charge is 2.26. The highest BCUT2D eigenvalue weighted by Crippen LogP contribution is 2.26. The topological polar surface area (TPSA) is 59.0 Å². The van der Waals surface area contributed by atoms with Gasteiger partial charge in [-0.25, -0.2) is 0 Å². The van der Waals surface area contributed by atoms with Crippen LogP contribution in [0.15, 0.2) is 30.3 Å². The first-order valence-electron chi connectivity index (χ1n) is 6.28. The number of thiazole rings is 1. The fourth-order valence-corrected chi connectivity index (χ4v) is 2.99. The van der Waals surface area contributed by atoms with Crippen LogP contribution in [0.2, 0.25) is 0 Å². The summed E-state index contributed by atoms with van der Waals surface area (Å²) in [6.07, 6.45) is 8.88. The molecule has 98 valence electrons. The molecule has 0 N–H and O–H groups in total. The molecular formula is C13H14N4OS. The Morgan fingerprint density at radius 1 is 1.32 bits per heavy atom. The average Bonchev–Trinajstić information content (AvgIpc) is 3.02. The number of piperidine rings is 1. The summed E-state index contributed by atoms with van der Waals surface area (Å²) in [5.74, 6) is 0.371. The van der Waals surface area contributed by atoms with Gasteiger partial charge in [0, 0.05) is 37.6 Å². The Labute approximate surface area is 115 Å². The molecule has 0 aromatic carbocycles. The Morgan fingerprint density at radius 3 is 3.00 bits per heavy atom. The minimum Gasteiger partial charge on any atom is -0.337 e. The summed E-state index contributed by atoms with van der Waals surface area (Å²) in [7, 11) is 0. The van der Waals surface area contributed by atoms with E-state index in [0.717, 1.165) is 31.6 Å². The first-order chi connectivity index (χ1) is 9.34. The van der Waals surface area contributed by atoms with E-state index in [1.807, 2.05) is 4.90 Å². The number of hydrogen-bond acceptors (Lipinski definition) is 5. The lowest BCUT2D eigenvalue weighted by molar-refractivity contribution is 0.0710. The zero-order chi connectivity index (χ0) is 13.1. The van der Waals surface area contributed by atoms with Crippen molar-refractivity contribution >= 4 is 17.2 Å². The highest BCUT2D eigenvalue weighted by atomic mass is 32.1. The number of carbonyl (C=O) groups excluding carboxylic acids is 1. The molecule has 1 aliphatic rings. The molecule has 5 nitrogen and oxygen atoms in total. The molecule has 3 rings (SSSR count). The molecule has 1 saturated heterocycles. The fourth-order valence-electron chi connectivity index (χ4n) is 2.40. The summed E-state index contributed by atoms with van der Waals surface area (Å²) >= 11 is 1.39. The van der Waals surface area contributed by atoms with Crippen molar-refractivity contribution in [1.82, 2.24) is 19.9 Å². The van der Waals surface area contributed by atoms with Crippen molar-refractivity contribution in [3.05, 3.63) is 40.9 Å². The number of nitrogens with zero attached hydrogens (tertiary/aromatic N) is 4. The van der Waals surface area contributed by atoms with Crippen LogP contribution >= 0.6 is 11.3 Å². The van der Waals surface area contributed by atoms with Crippen molar-refractivity contribution in [2.24, 2.45) is 0 Å². The van der Waals surface area contributed by atoms with Crippen LogP contribution in [0.4, 0.5) is 0 Å². The molecule has 0 radical (unpaired) electrons. The molecule has 2 aromatic rings. The first-order valence-corrected chi connectivity index (χ1v) is 7.16. The lowest BCUT2D eigenvalue weighted by Crippen LogP contribution is -2.39. The van der Waals surface area contributed by atoms with Crippen LogP contribution in [0.1, 0.15) is 34.1 Å². The van der Waals surface area contributed by atoms with E-state index in [0.29, 0.717) is 10.8 Å². The summed E-state index contributed by atoms with van der Waals surface area (Å²) in [5, 5.41) is 0. The molecule has 1 amide bonds. The van der Waals surface area contributed by atoms with Gasteiger partial charge in [0.25, 0.3) is 5.91 Å². The third kappa shape index (κ3) is 2.63. The summed E-state index contributed by atoms with van der Waals surface area (Å²) in [4.78, 5) is 27.3. The zero-order valence-corrected chi connectivity index (χ0v) is 11.2. The lowest BCUT2D eigenvalue weighted by Gasteiger charge is -2.32. The molecule has 0 saturated carbocycles. The lowest BCUT2D eigenvalue weighted by atomic mass is 9.95. The van der Waals surface area contributed by atoms with Crippen molar-refractivity contribution in [2.75, 3.05) is 13.1 Å². The largest absolute Gasteiger partial charge is 0.337 e. The second-order valence-corrected chi connectivity index (χ2v) is 5.47. The van der Waals surface area contributed by atoms with E-state index >= 15 is 0 Å². The number of rotatable bonds is 2. The van der Waals surface area contributed by atoms with Gasteiger partial charge in [-0.1, -0.05) is 0 Å². The molecule has 0 spiro atoms. The molecule has 1 aliphatic heterocycles. The Kier molecular flexibility index (Phi) is 3.50. The van der Waals surface area contributed by atoms with Gasteiger partial charge in [0.05, 0.1) is 17.4 Å². The average molecular weight is 274 g/mol. The van der Waals surface area contributed by atoms with Crippen LogP contribution in [0.5, 0.6) is 0 Å².